The van der Waals surface area contributed by atoms with E-state index in [0.717, 1.165) is 32.4 Å². The molecule has 0 bridgehead atoms. The normalized spacial score (nSPS) is 15.6. The van der Waals surface area contributed by atoms with Gasteiger partial charge >= 0.3 is 6.03 Å². The van der Waals surface area contributed by atoms with E-state index >= 15 is 0 Å². The lowest BCUT2D eigenvalue weighted by Gasteiger charge is -2.23. The number of thiocarbonyl (C=S) groups is 1. The van der Waals surface area contributed by atoms with Crippen molar-refractivity contribution in [2.24, 2.45) is 0 Å². The summed E-state index contributed by atoms with van der Waals surface area (Å²) in [5.41, 5.74) is 1.18. The number of benzene rings is 1. The van der Waals surface area contributed by atoms with Crippen LogP contribution in [0.25, 0.3) is 0 Å². The van der Waals surface area contributed by atoms with Crippen LogP contribution in [-0.4, -0.2) is 41.7 Å². The summed E-state index contributed by atoms with van der Waals surface area (Å²) in [5, 5.41) is 3.57. The largest absolute Gasteiger partial charge is 0.485 e. The summed E-state index contributed by atoms with van der Waals surface area (Å²) in [6, 6.07) is 10.0. The number of likely N-dealkylation sites (tertiary alicyclic amines) is 1. The van der Waals surface area contributed by atoms with Gasteiger partial charge in [-0.1, -0.05) is 30.3 Å². The van der Waals surface area contributed by atoms with Gasteiger partial charge < -0.3 is 15.0 Å². The van der Waals surface area contributed by atoms with Crippen LogP contribution in [0.5, 0.6) is 0 Å². The maximum absolute atomic E-state index is 12.2. The molecule has 1 aromatic rings. The molecular formula is C16H22N2O2S. The van der Waals surface area contributed by atoms with Gasteiger partial charge in [0, 0.05) is 20.0 Å². The molecule has 1 aliphatic rings. The first-order valence-electron chi connectivity index (χ1n) is 7.38. The molecule has 1 atom stereocenters. The van der Waals surface area contributed by atoms with E-state index in [1.54, 1.807) is 6.92 Å². The molecule has 1 heterocycles. The molecule has 4 nitrogen and oxygen atoms in total. The van der Waals surface area contributed by atoms with Crippen LogP contribution in [-0.2, 0) is 11.2 Å². The van der Waals surface area contributed by atoms with Crippen molar-refractivity contribution < 1.29 is 9.53 Å². The molecule has 1 unspecified atom stereocenters. The minimum absolute atomic E-state index is 0.000877. The quantitative estimate of drug-likeness (QED) is 0.851. The van der Waals surface area contributed by atoms with Crippen molar-refractivity contribution in [2.75, 3.05) is 19.7 Å². The van der Waals surface area contributed by atoms with Gasteiger partial charge in [0.1, 0.15) is 6.61 Å². The summed E-state index contributed by atoms with van der Waals surface area (Å²) in [5.74, 6) is 0. The third kappa shape index (κ3) is 5.34. The second-order valence-electron chi connectivity index (χ2n) is 5.33. The highest BCUT2D eigenvalue weighted by Crippen LogP contribution is 2.09. The van der Waals surface area contributed by atoms with Crippen LogP contribution in [0.15, 0.2) is 30.3 Å². The summed E-state index contributed by atoms with van der Waals surface area (Å²) >= 11 is 4.95. The van der Waals surface area contributed by atoms with Crippen LogP contribution in [0, 0.1) is 0 Å². The second-order valence-corrected chi connectivity index (χ2v) is 5.91. The van der Waals surface area contributed by atoms with Crippen LogP contribution >= 0.6 is 12.2 Å². The van der Waals surface area contributed by atoms with Gasteiger partial charge in [0.05, 0.1) is 6.04 Å². The highest BCUT2D eigenvalue weighted by molar-refractivity contribution is 7.80. The Morgan fingerprint density at radius 1 is 1.33 bits per heavy atom. The van der Waals surface area contributed by atoms with E-state index in [0.29, 0.717) is 11.7 Å². The molecule has 2 rings (SSSR count). The van der Waals surface area contributed by atoms with Gasteiger partial charge in [0.2, 0.25) is 0 Å². The van der Waals surface area contributed by atoms with Crippen LogP contribution in [0.3, 0.4) is 0 Å². The first-order chi connectivity index (χ1) is 10.1. The van der Waals surface area contributed by atoms with Crippen LogP contribution < -0.4 is 5.32 Å². The number of hydrogen-bond acceptors (Lipinski definition) is 3. The molecule has 0 saturated carbocycles. The zero-order valence-electron chi connectivity index (χ0n) is 12.4. The fourth-order valence-corrected chi connectivity index (χ4v) is 2.52. The smallest absolute Gasteiger partial charge is 0.317 e. The molecule has 0 spiro atoms. The molecule has 1 fully saturated rings. The average Bonchev–Trinajstić information content (AvgIpc) is 3.00. The number of carbonyl (C=O) groups excluding carboxylic acids is 1. The maximum atomic E-state index is 12.2. The minimum Gasteiger partial charge on any atom is -0.485 e. The Morgan fingerprint density at radius 2 is 2.00 bits per heavy atom. The Bertz CT molecular complexity index is 472. The summed E-state index contributed by atoms with van der Waals surface area (Å²) in [6.07, 6.45) is 2.92. The first-order valence-corrected chi connectivity index (χ1v) is 7.78. The third-order valence-corrected chi connectivity index (χ3v) is 3.65. The summed E-state index contributed by atoms with van der Waals surface area (Å²) in [7, 11) is 0. The van der Waals surface area contributed by atoms with E-state index in [1.807, 2.05) is 23.1 Å². The van der Waals surface area contributed by atoms with Crippen LogP contribution in [0.1, 0.15) is 25.3 Å². The number of nitrogens with zero attached hydrogens (tertiary/aromatic N) is 1. The minimum atomic E-state index is -0.0709. The zero-order chi connectivity index (χ0) is 15.1. The molecule has 0 aromatic heterocycles. The number of carbonyl (C=O) groups is 1. The summed E-state index contributed by atoms with van der Waals surface area (Å²) in [6.45, 7) is 3.84. The Balaban J connectivity index is 1.94. The summed E-state index contributed by atoms with van der Waals surface area (Å²) < 4.78 is 5.44. The van der Waals surface area contributed by atoms with Crippen LogP contribution in [0.4, 0.5) is 4.79 Å². The molecule has 1 aliphatic heterocycles. The van der Waals surface area contributed by atoms with Gasteiger partial charge in [0.25, 0.3) is 0 Å². The van der Waals surface area contributed by atoms with E-state index in [4.69, 9.17) is 17.0 Å². The second kappa shape index (κ2) is 7.98. The Labute approximate surface area is 131 Å². The lowest BCUT2D eigenvalue weighted by molar-refractivity contribution is 0.193. The van der Waals surface area contributed by atoms with Crippen LogP contribution in [0.2, 0.25) is 0 Å². The number of urea groups is 1. The molecule has 114 valence electrons. The van der Waals surface area contributed by atoms with Gasteiger partial charge in [-0.2, -0.15) is 0 Å². The van der Waals surface area contributed by atoms with Gasteiger partial charge in [-0.25, -0.2) is 4.79 Å². The number of hydrogen-bond donors (Lipinski definition) is 1. The van der Waals surface area contributed by atoms with Crippen molar-refractivity contribution in [3.63, 3.8) is 0 Å². The van der Waals surface area contributed by atoms with Gasteiger partial charge in [-0.05, 0) is 37.0 Å². The Kier molecular flexibility index (Phi) is 5.99. The average molecular weight is 306 g/mol. The molecule has 2 amide bonds. The van der Waals surface area contributed by atoms with E-state index in [2.05, 4.69) is 17.4 Å². The summed E-state index contributed by atoms with van der Waals surface area (Å²) in [4.78, 5) is 14.1. The number of amides is 2. The van der Waals surface area contributed by atoms with Crippen molar-refractivity contribution in [3.8, 4) is 0 Å². The number of rotatable bonds is 5. The third-order valence-electron chi connectivity index (χ3n) is 3.53. The SMILES string of the molecule is CC(=S)OCC(Cc1ccccc1)NC(=O)N1CCCC1. The Morgan fingerprint density at radius 3 is 2.62 bits per heavy atom. The molecule has 1 aromatic carbocycles. The zero-order valence-corrected chi connectivity index (χ0v) is 13.2. The fourth-order valence-electron chi connectivity index (χ4n) is 2.45. The van der Waals surface area contributed by atoms with Gasteiger partial charge in [-0.3, -0.25) is 0 Å². The lowest BCUT2D eigenvalue weighted by Crippen LogP contribution is -2.46. The van der Waals surface area contributed by atoms with Gasteiger partial charge in [0.15, 0.2) is 5.05 Å². The molecule has 5 heteroatoms. The van der Waals surface area contributed by atoms with E-state index in [9.17, 15) is 4.79 Å². The number of ether oxygens (including phenoxy) is 1. The van der Waals surface area contributed by atoms with Crippen molar-refractivity contribution in [1.29, 1.82) is 0 Å². The van der Waals surface area contributed by atoms with Crippen molar-refractivity contribution >= 4 is 23.3 Å². The predicted octanol–water partition coefficient (Wildman–Crippen LogP) is 2.77. The lowest BCUT2D eigenvalue weighted by atomic mass is 10.1. The molecule has 0 radical (unpaired) electrons. The molecule has 0 aliphatic carbocycles. The monoisotopic (exact) mass is 306 g/mol. The van der Waals surface area contributed by atoms with Crippen molar-refractivity contribution in [2.45, 2.75) is 32.2 Å². The molecule has 1 N–H and O–H groups in total. The van der Waals surface area contributed by atoms with Gasteiger partial charge in [-0.15, -0.1) is 0 Å². The van der Waals surface area contributed by atoms with E-state index in [1.165, 1.54) is 5.56 Å². The topological polar surface area (TPSA) is 41.6 Å². The molecule has 21 heavy (non-hydrogen) atoms. The standard InChI is InChI=1S/C16H22N2O2S/c1-13(21)20-12-15(11-14-7-3-2-4-8-14)17-16(19)18-9-5-6-10-18/h2-4,7-8,15H,5-6,9-12H2,1H3,(H,17,19). The highest BCUT2D eigenvalue weighted by atomic mass is 32.1. The van der Waals surface area contributed by atoms with E-state index in [-0.39, 0.29) is 12.1 Å². The molecule has 1 saturated heterocycles. The van der Waals surface area contributed by atoms with E-state index < -0.39 is 0 Å². The van der Waals surface area contributed by atoms with Crippen molar-refractivity contribution in [3.05, 3.63) is 35.9 Å². The first kappa shape index (κ1) is 15.8. The Hall–Kier alpha value is -1.62. The molecular weight excluding hydrogens is 284 g/mol. The highest BCUT2D eigenvalue weighted by Gasteiger charge is 2.21. The fraction of sp³-hybridized carbons (Fsp3) is 0.500. The predicted molar refractivity (Wildman–Crippen MR) is 87.5 cm³/mol. The number of nitrogens with one attached hydrogen (secondary N) is 1. The van der Waals surface area contributed by atoms with Crippen molar-refractivity contribution in [1.82, 2.24) is 10.2 Å². The maximum Gasteiger partial charge on any atom is 0.317 e.